The molecule has 5 rings (SSSR count). The van der Waals surface area contributed by atoms with E-state index in [2.05, 4.69) is 156 Å². The molecule has 0 saturated carbocycles. The van der Waals surface area contributed by atoms with E-state index in [0.29, 0.717) is 24.2 Å². The summed E-state index contributed by atoms with van der Waals surface area (Å²) in [7, 11) is 4.62. The van der Waals surface area contributed by atoms with Gasteiger partial charge in [0.2, 0.25) is 0 Å². The quantitative estimate of drug-likeness (QED) is 0.270. The first kappa shape index (κ1) is 30.2. The summed E-state index contributed by atoms with van der Waals surface area (Å²) in [5.74, 6) is 0. The number of hydrogen-bond acceptors (Lipinski definition) is 4. The van der Waals surface area contributed by atoms with E-state index in [-0.39, 0.29) is 0 Å². The maximum atomic E-state index is 3.96. The highest BCUT2D eigenvalue weighted by atomic mass is 15.2. The molecule has 2 N–H and O–H groups in total. The third kappa shape index (κ3) is 8.39. The summed E-state index contributed by atoms with van der Waals surface area (Å²) in [5.41, 5.74) is 5.54. The Balaban J connectivity index is 1.41. The van der Waals surface area contributed by atoms with Gasteiger partial charge in [-0.1, -0.05) is 121 Å². The molecule has 4 nitrogen and oxygen atoms in total. The molecule has 1 saturated heterocycles. The van der Waals surface area contributed by atoms with Crippen LogP contribution in [0.15, 0.2) is 121 Å². The van der Waals surface area contributed by atoms with E-state index in [1.54, 1.807) is 0 Å². The van der Waals surface area contributed by atoms with Gasteiger partial charge in [-0.15, -0.1) is 0 Å². The van der Waals surface area contributed by atoms with Gasteiger partial charge in [-0.3, -0.25) is 9.80 Å². The van der Waals surface area contributed by atoms with Crippen molar-refractivity contribution in [2.75, 3.05) is 40.3 Å². The van der Waals surface area contributed by atoms with Crippen LogP contribution in [0.5, 0.6) is 0 Å². The fourth-order valence-electron chi connectivity index (χ4n) is 6.54. The summed E-state index contributed by atoms with van der Waals surface area (Å²) >= 11 is 0. The number of nitrogens with one attached hydrogen (secondary N) is 2. The van der Waals surface area contributed by atoms with Crippen molar-refractivity contribution in [3.63, 3.8) is 0 Å². The molecule has 0 spiro atoms. The average Bonchev–Trinajstić information content (AvgIpc) is 3.05. The first-order valence-corrected chi connectivity index (χ1v) is 15.8. The minimum absolute atomic E-state index is 0.315. The second-order valence-corrected chi connectivity index (χ2v) is 11.8. The van der Waals surface area contributed by atoms with Crippen molar-refractivity contribution >= 4 is 0 Å². The largest absolute Gasteiger partial charge is 0.310 e. The molecule has 0 radical (unpaired) electrons. The molecule has 1 aliphatic rings. The topological polar surface area (TPSA) is 30.5 Å². The average molecular weight is 561 g/mol. The summed E-state index contributed by atoms with van der Waals surface area (Å²) in [4.78, 5) is 5.16. The highest BCUT2D eigenvalue weighted by molar-refractivity contribution is 5.23. The first-order chi connectivity index (χ1) is 20.7. The van der Waals surface area contributed by atoms with E-state index in [1.165, 1.54) is 22.3 Å². The van der Waals surface area contributed by atoms with Crippen LogP contribution in [-0.4, -0.2) is 50.1 Å². The van der Waals surface area contributed by atoms with E-state index in [1.807, 2.05) is 0 Å². The van der Waals surface area contributed by atoms with Crippen molar-refractivity contribution in [1.29, 1.82) is 0 Å². The molecule has 42 heavy (non-hydrogen) atoms. The molecule has 4 atom stereocenters. The SMILES string of the molecule is CN1CCC(c2ccccc2)NCCC(c2ccccc2)NCCC(c2ccccc2)N(C)CCC1c1ccccc1. The number of nitrogens with zero attached hydrogens (tertiary/aromatic N) is 2. The van der Waals surface area contributed by atoms with Crippen LogP contribution in [-0.2, 0) is 0 Å². The van der Waals surface area contributed by atoms with Crippen molar-refractivity contribution in [3.05, 3.63) is 144 Å². The van der Waals surface area contributed by atoms with Crippen LogP contribution in [0.25, 0.3) is 0 Å². The zero-order chi connectivity index (χ0) is 29.0. The van der Waals surface area contributed by atoms with Gasteiger partial charge in [-0.05, 0) is 75.1 Å². The van der Waals surface area contributed by atoms with Gasteiger partial charge in [0.25, 0.3) is 0 Å². The molecule has 0 bridgehead atoms. The van der Waals surface area contributed by atoms with Gasteiger partial charge in [0, 0.05) is 37.3 Å². The normalized spacial score (nSPS) is 24.2. The molecule has 0 aliphatic carbocycles. The van der Waals surface area contributed by atoms with E-state index in [0.717, 1.165) is 51.9 Å². The summed E-state index contributed by atoms with van der Waals surface area (Å²) in [6.07, 6.45) is 4.26. The van der Waals surface area contributed by atoms with Crippen LogP contribution >= 0.6 is 0 Å². The summed E-state index contributed by atoms with van der Waals surface area (Å²) in [6.45, 7) is 3.98. The first-order valence-electron chi connectivity index (χ1n) is 15.8. The lowest BCUT2D eigenvalue weighted by Gasteiger charge is -2.35. The second kappa shape index (κ2) is 15.8. The third-order valence-corrected chi connectivity index (χ3v) is 8.99. The molecule has 1 aliphatic heterocycles. The molecule has 1 fully saturated rings. The smallest absolute Gasteiger partial charge is 0.0357 e. The molecule has 4 aromatic carbocycles. The minimum atomic E-state index is 0.315. The monoisotopic (exact) mass is 560 g/mol. The Bertz CT molecular complexity index is 1280. The predicted molar refractivity (Wildman–Crippen MR) is 176 cm³/mol. The van der Waals surface area contributed by atoms with Crippen LogP contribution in [0, 0.1) is 0 Å². The molecule has 4 unspecified atom stereocenters. The van der Waals surface area contributed by atoms with Gasteiger partial charge in [0.05, 0.1) is 0 Å². The molecular formula is C38H48N4. The van der Waals surface area contributed by atoms with Gasteiger partial charge in [0.1, 0.15) is 0 Å². The second-order valence-electron chi connectivity index (χ2n) is 11.8. The van der Waals surface area contributed by atoms with Gasteiger partial charge >= 0.3 is 0 Å². The van der Waals surface area contributed by atoms with Crippen LogP contribution < -0.4 is 10.6 Å². The fraction of sp³-hybridized carbons (Fsp3) is 0.368. The molecule has 4 aromatic rings. The Kier molecular flexibility index (Phi) is 11.4. The van der Waals surface area contributed by atoms with Gasteiger partial charge in [-0.25, -0.2) is 0 Å². The standard InChI is InChI=1S/C38H48N4/c1-41-29-25-36(32-17-9-4-10-18-32)39-27-23-35(31-15-7-3-8-16-31)40-28-24-37(33-19-11-5-12-20-33)42(2)30-26-38(41)34-21-13-6-14-22-34/h3-22,35-40H,23-30H2,1-2H3. The third-order valence-electron chi connectivity index (χ3n) is 8.99. The van der Waals surface area contributed by atoms with E-state index in [9.17, 15) is 0 Å². The zero-order valence-corrected chi connectivity index (χ0v) is 25.4. The highest BCUT2D eigenvalue weighted by Crippen LogP contribution is 2.29. The Labute approximate surface area is 253 Å². The molecule has 0 amide bonds. The zero-order valence-electron chi connectivity index (χ0n) is 25.4. The lowest BCUT2D eigenvalue weighted by molar-refractivity contribution is 0.170. The molecule has 1 heterocycles. The lowest BCUT2D eigenvalue weighted by atomic mass is 9.97. The fourth-order valence-corrected chi connectivity index (χ4v) is 6.54. The Morgan fingerprint density at radius 3 is 1.26 bits per heavy atom. The van der Waals surface area contributed by atoms with Crippen molar-refractivity contribution in [1.82, 2.24) is 20.4 Å². The number of hydrogen-bond donors (Lipinski definition) is 2. The van der Waals surface area contributed by atoms with E-state index < -0.39 is 0 Å². The van der Waals surface area contributed by atoms with Crippen LogP contribution in [0.4, 0.5) is 0 Å². The van der Waals surface area contributed by atoms with Gasteiger partial charge in [0.15, 0.2) is 0 Å². The summed E-state index contributed by atoms with van der Waals surface area (Å²) in [6, 6.07) is 45.5. The highest BCUT2D eigenvalue weighted by Gasteiger charge is 2.24. The minimum Gasteiger partial charge on any atom is -0.310 e. The maximum absolute atomic E-state index is 3.96. The Hall–Kier alpha value is -3.28. The van der Waals surface area contributed by atoms with Crippen LogP contribution in [0.2, 0.25) is 0 Å². The molecule has 4 heteroatoms. The Morgan fingerprint density at radius 2 is 0.786 bits per heavy atom. The van der Waals surface area contributed by atoms with Gasteiger partial charge < -0.3 is 10.6 Å². The molecular weight excluding hydrogens is 512 g/mol. The van der Waals surface area contributed by atoms with Crippen molar-refractivity contribution in [2.24, 2.45) is 0 Å². The maximum Gasteiger partial charge on any atom is 0.0357 e. The lowest BCUT2D eigenvalue weighted by Crippen LogP contribution is -2.36. The van der Waals surface area contributed by atoms with Crippen molar-refractivity contribution in [2.45, 2.75) is 49.9 Å². The van der Waals surface area contributed by atoms with Crippen molar-refractivity contribution in [3.8, 4) is 0 Å². The van der Waals surface area contributed by atoms with Crippen LogP contribution in [0.1, 0.15) is 72.1 Å². The van der Waals surface area contributed by atoms with Crippen LogP contribution in [0.3, 0.4) is 0 Å². The summed E-state index contributed by atoms with van der Waals surface area (Å²) < 4.78 is 0. The summed E-state index contributed by atoms with van der Waals surface area (Å²) in [5, 5.41) is 7.92. The predicted octanol–water partition coefficient (Wildman–Crippen LogP) is 7.57. The molecule has 0 aromatic heterocycles. The number of benzene rings is 4. The molecule has 220 valence electrons. The van der Waals surface area contributed by atoms with E-state index >= 15 is 0 Å². The Morgan fingerprint density at radius 1 is 0.429 bits per heavy atom. The van der Waals surface area contributed by atoms with Crippen molar-refractivity contribution < 1.29 is 0 Å². The van der Waals surface area contributed by atoms with Gasteiger partial charge in [-0.2, -0.15) is 0 Å². The van der Waals surface area contributed by atoms with E-state index in [4.69, 9.17) is 0 Å². The number of rotatable bonds is 4.